The average molecular weight is 296 g/mol. The third-order valence-electron chi connectivity index (χ3n) is 3.92. The molecule has 1 fully saturated rings. The van der Waals surface area contributed by atoms with Crippen LogP contribution < -0.4 is 0 Å². The van der Waals surface area contributed by atoms with E-state index < -0.39 is 0 Å². The number of nitrogens with zero attached hydrogens (tertiary/aromatic N) is 2. The topological polar surface area (TPSA) is 31.0 Å². The Morgan fingerprint density at radius 1 is 1.14 bits per heavy atom. The molecule has 1 aliphatic rings. The molecule has 3 heterocycles. The van der Waals surface area contributed by atoms with Crippen molar-refractivity contribution in [1.29, 1.82) is 0 Å². The zero-order chi connectivity index (χ0) is 14.1. The third-order valence-corrected chi connectivity index (χ3v) is 5.07. The lowest BCUT2D eigenvalue weighted by Crippen LogP contribution is -2.08. The summed E-state index contributed by atoms with van der Waals surface area (Å²) in [5.74, 6) is 4.34. The van der Waals surface area contributed by atoms with Gasteiger partial charge in [0.1, 0.15) is 11.6 Å². The monoisotopic (exact) mass is 296 g/mol. The normalized spacial score (nSPS) is 18.2. The molecule has 2 aromatic heterocycles. The van der Waals surface area contributed by atoms with Crippen molar-refractivity contribution < 1.29 is 4.42 Å². The standard InChI is InChI=1S/C17H16N2OS/c1-2-5-15(14(4-1)16-6-3-10-20-16)17-18-8-9-19(17)13-7-11-21-12-13/h1-6,8-10,13H,7,11-12H2/t13-/m1/s1. The highest BCUT2D eigenvalue weighted by molar-refractivity contribution is 7.99. The summed E-state index contributed by atoms with van der Waals surface area (Å²) in [6.07, 6.45) is 6.94. The van der Waals surface area contributed by atoms with Crippen LogP contribution in [0.2, 0.25) is 0 Å². The van der Waals surface area contributed by atoms with E-state index in [-0.39, 0.29) is 0 Å². The van der Waals surface area contributed by atoms with Gasteiger partial charge in [0.15, 0.2) is 0 Å². The molecule has 4 heteroatoms. The molecule has 3 nitrogen and oxygen atoms in total. The van der Waals surface area contributed by atoms with Crippen LogP contribution in [0, 0.1) is 0 Å². The molecule has 1 aromatic carbocycles. The molecule has 0 bridgehead atoms. The van der Waals surface area contributed by atoms with Crippen molar-refractivity contribution in [2.45, 2.75) is 12.5 Å². The van der Waals surface area contributed by atoms with Crippen molar-refractivity contribution in [2.24, 2.45) is 0 Å². The molecule has 4 rings (SSSR count). The second-order valence-electron chi connectivity index (χ2n) is 5.20. The van der Waals surface area contributed by atoms with Gasteiger partial charge in [0.05, 0.1) is 6.26 Å². The van der Waals surface area contributed by atoms with E-state index in [9.17, 15) is 0 Å². The fourth-order valence-corrected chi connectivity index (χ4v) is 4.09. The van der Waals surface area contributed by atoms with E-state index in [1.165, 1.54) is 17.9 Å². The molecule has 0 unspecified atom stereocenters. The van der Waals surface area contributed by atoms with E-state index in [0.29, 0.717) is 6.04 Å². The fraction of sp³-hybridized carbons (Fsp3) is 0.235. The molecular weight excluding hydrogens is 280 g/mol. The van der Waals surface area contributed by atoms with Gasteiger partial charge in [-0.15, -0.1) is 0 Å². The van der Waals surface area contributed by atoms with Gasteiger partial charge in [0, 0.05) is 35.3 Å². The Kier molecular flexibility index (Phi) is 3.31. The van der Waals surface area contributed by atoms with E-state index in [1.807, 2.05) is 36.2 Å². The molecule has 0 radical (unpaired) electrons. The van der Waals surface area contributed by atoms with E-state index in [0.717, 1.165) is 22.7 Å². The number of thioether (sulfide) groups is 1. The largest absolute Gasteiger partial charge is 0.464 e. The summed E-state index contributed by atoms with van der Waals surface area (Å²) in [5.41, 5.74) is 2.23. The molecular formula is C17H16N2OS. The lowest BCUT2D eigenvalue weighted by Gasteiger charge is -2.15. The van der Waals surface area contributed by atoms with Gasteiger partial charge in [0.25, 0.3) is 0 Å². The smallest absolute Gasteiger partial charge is 0.140 e. The van der Waals surface area contributed by atoms with Gasteiger partial charge in [-0.25, -0.2) is 4.98 Å². The third kappa shape index (κ3) is 2.29. The van der Waals surface area contributed by atoms with E-state index in [2.05, 4.69) is 33.9 Å². The number of imidazole rings is 1. The number of rotatable bonds is 3. The first-order chi connectivity index (χ1) is 10.4. The Labute approximate surface area is 128 Å². The van der Waals surface area contributed by atoms with E-state index >= 15 is 0 Å². The quantitative estimate of drug-likeness (QED) is 0.713. The van der Waals surface area contributed by atoms with Gasteiger partial charge in [-0.3, -0.25) is 0 Å². The summed E-state index contributed by atoms with van der Waals surface area (Å²) in [5, 5.41) is 0. The lowest BCUT2D eigenvalue weighted by atomic mass is 10.0. The minimum Gasteiger partial charge on any atom is -0.464 e. The summed E-state index contributed by atoms with van der Waals surface area (Å²) >= 11 is 2.02. The van der Waals surface area contributed by atoms with Crippen molar-refractivity contribution in [1.82, 2.24) is 9.55 Å². The van der Waals surface area contributed by atoms with Crippen LogP contribution in [0.3, 0.4) is 0 Å². The van der Waals surface area contributed by atoms with Crippen LogP contribution in [0.25, 0.3) is 22.7 Å². The first kappa shape index (κ1) is 12.8. The van der Waals surface area contributed by atoms with Crippen molar-refractivity contribution in [3.8, 4) is 22.7 Å². The van der Waals surface area contributed by atoms with Crippen molar-refractivity contribution in [2.75, 3.05) is 11.5 Å². The molecule has 0 amide bonds. The highest BCUT2D eigenvalue weighted by Gasteiger charge is 2.21. The molecule has 0 spiro atoms. The zero-order valence-corrected chi connectivity index (χ0v) is 12.4. The molecule has 1 atom stereocenters. The Morgan fingerprint density at radius 3 is 2.81 bits per heavy atom. The van der Waals surface area contributed by atoms with Crippen LogP contribution in [0.4, 0.5) is 0 Å². The summed E-state index contributed by atoms with van der Waals surface area (Å²) in [6, 6.07) is 12.8. The minimum absolute atomic E-state index is 0.553. The van der Waals surface area contributed by atoms with Gasteiger partial charge >= 0.3 is 0 Å². The molecule has 21 heavy (non-hydrogen) atoms. The molecule has 1 aliphatic heterocycles. The van der Waals surface area contributed by atoms with Crippen LogP contribution in [-0.2, 0) is 0 Å². The van der Waals surface area contributed by atoms with Gasteiger partial charge in [-0.2, -0.15) is 11.8 Å². The Morgan fingerprint density at radius 2 is 2.05 bits per heavy atom. The predicted molar refractivity (Wildman–Crippen MR) is 86.3 cm³/mol. The molecule has 1 saturated heterocycles. The molecule has 0 saturated carbocycles. The Bertz CT molecular complexity index is 727. The van der Waals surface area contributed by atoms with Crippen LogP contribution in [0.15, 0.2) is 59.5 Å². The van der Waals surface area contributed by atoms with E-state index in [1.54, 1.807) is 6.26 Å². The Balaban J connectivity index is 1.83. The molecule has 0 N–H and O–H groups in total. The maximum atomic E-state index is 5.58. The Hall–Kier alpha value is -1.94. The number of hydrogen-bond donors (Lipinski definition) is 0. The highest BCUT2D eigenvalue weighted by atomic mass is 32.2. The maximum absolute atomic E-state index is 5.58. The van der Waals surface area contributed by atoms with Crippen molar-refractivity contribution in [3.63, 3.8) is 0 Å². The molecule has 3 aromatic rings. The average Bonchev–Trinajstić information content (AvgIpc) is 3.27. The van der Waals surface area contributed by atoms with E-state index in [4.69, 9.17) is 4.42 Å². The first-order valence-electron chi connectivity index (χ1n) is 7.17. The second kappa shape index (κ2) is 5.45. The highest BCUT2D eigenvalue weighted by Crippen LogP contribution is 2.35. The molecule has 0 aliphatic carbocycles. The van der Waals surface area contributed by atoms with Crippen LogP contribution >= 0.6 is 11.8 Å². The van der Waals surface area contributed by atoms with Crippen LogP contribution in [0.5, 0.6) is 0 Å². The number of furan rings is 1. The summed E-state index contributed by atoms with van der Waals surface area (Å²) in [6.45, 7) is 0. The summed E-state index contributed by atoms with van der Waals surface area (Å²) in [4.78, 5) is 4.61. The number of hydrogen-bond acceptors (Lipinski definition) is 3. The van der Waals surface area contributed by atoms with Gasteiger partial charge in [-0.05, 0) is 24.3 Å². The lowest BCUT2D eigenvalue weighted by molar-refractivity contribution is 0.565. The maximum Gasteiger partial charge on any atom is 0.140 e. The number of aromatic nitrogens is 2. The van der Waals surface area contributed by atoms with Gasteiger partial charge < -0.3 is 8.98 Å². The van der Waals surface area contributed by atoms with Crippen LogP contribution in [-0.4, -0.2) is 21.1 Å². The SMILES string of the molecule is c1coc(-c2ccccc2-c2nccn2[C@@H]2CCSC2)c1. The van der Waals surface area contributed by atoms with Crippen molar-refractivity contribution in [3.05, 3.63) is 55.1 Å². The van der Waals surface area contributed by atoms with Gasteiger partial charge in [0.2, 0.25) is 0 Å². The summed E-state index contributed by atoms with van der Waals surface area (Å²) < 4.78 is 7.90. The summed E-state index contributed by atoms with van der Waals surface area (Å²) in [7, 11) is 0. The second-order valence-corrected chi connectivity index (χ2v) is 6.35. The zero-order valence-electron chi connectivity index (χ0n) is 11.6. The molecule has 106 valence electrons. The minimum atomic E-state index is 0.553. The van der Waals surface area contributed by atoms with Crippen LogP contribution in [0.1, 0.15) is 12.5 Å². The fourth-order valence-electron chi connectivity index (χ4n) is 2.88. The number of benzene rings is 1. The predicted octanol–water partition coefficient (Wildman–Crippen LogP) is 4.49. The van der Waals surface area contributed by atoms with Crippen molar-refractivity contribution >= 4 is 11.8 Å². The first-order valence-corrected chi connectivity index (χ1v) is 8.33. The van der Waals surface area contributed by atoms with Gasteiger partial charge in [-0.1, -0.05) is 24.3 Å².